The minimum Gasteiger partial charge on any atom is -0.497 e. The number of carbonyl (C=O) groups is 2. The summed E-state index contributed by atoms with van der Waals surface area (Å²) in [5.41, 5.74) is 3.77. The Morgan fingerprint density at radius 1 is 1.03 bits per heavy atom. The number of benzene rings is 2. The molecule has 2 amide bonds. The highest BCUT2D eigenvalue weighted by atomic mass is 16.5. The zero-order valence-corrected chi connectivity index (χ0v) is 20.7. The number of hydrogen-bond donors (Lipinski definition) is 1. The first-order chi connectivity index (χ1) is 17.1. The first-order valence-electron chi connectivity index (χ1n) is 12.5. The number of hydrogen-bond acceptors (Lipinski definition) is 4. The Balaban J connectivity index is 1.36. The summed E-state index contributed by atoms with van der Waals surface area (Å²) in [6.07, 6.45) is 7.96. The van der Waals surface area contributed by atoms with Gasteiger partial charge < -0.3 is 19.9 Å². The van der Waals surface area contributed by atoms with Gasteiger partial charge in [0.15, 0.2) is 0 Å². The molecule has 0 unspecified atom stereocenters. The van der Waals surface area contributed by atoms with Crippen molar-refractivity contribution in [3.8, 4) is 5.75 Å². The lowest BCUT2D eigenvalue weighted by molar-refractivity contribution is -0.132. The summed E-state index contributed by atoms with van der Waals surface area (Å²) in [6.45, 7) is 4.12. The molecular formula is C29H35N3O3. The second-order valence-corrected chi connectivity index (χ2v) is 9.18. The lowest BCUT2D eigenvalue weighted by Gasteiger charge is -2.33. The van der Waals surface area contributed by atoms with Crippen LogP contribution in [0.15, 0.2) is 78.0 Å². The van der Waals surface area contributed by atoms with Crippen LogP contribution >= 0.6 is 0 Å². The van der Waals surface area contributed by atoms with Crippen molar-refractivity contribution in [1.82, 2.24) is 10.2 Å². The monoisotopic (exact) mass is 473 g/mol. The average Bonchev–Trinajstić information content (AvgIpc) is 3.37. The van der Waals surface area contributed by atoms with E-state index in [0.29, 0.717) is 25.4 Å². The highest BCUT2D eigenvalue weighted by Gasteiger charge is 2.26. The van der Waals surface area contributed by atoms with Gasteiger partial charge in [0, 0.05) is 48.9 Å². The van der Waals surface area contributed by atoms with E-state index in [9.17, 15) is 9.59 Å². The molecule has 2 aromatic rings. The number of anilines is 1. The van der Waals surface area contributed by atoms with Crippen molar-refractivity contribution in [3.05, 3.63) is 83.6 Å². The predicted octanol–water partition coefficient (Wildman–Crippen LogP) is 4.82. The Labute approximate surface area is 208 Å². The minimum absolute atomic E-state index is 0.0139. The first kappa shape index (κ1) is 24.6. The van der Waals surface area contributed by atoms with Gasteiger partial charge in [0.1, 0.15) is 5.75 Å². The maximum Gasteiger partial charge on any atom is 0.254 e. The van der Waals surface area contributed by atoms with E-state index in [1.807, 2.05) is 83.5 Å². The summed E-state index contributed by atoms with van der Waals surface area (Å²) < 4.78 is 5.27. The molecule has 1 N–H and O–H groups in total. The highest BCUT2D eigenvalue weighted by molar-refractivity contribution is 6.06. The van der Waals surface area contributed by atoms with E-state index < -0.39 is 0 Å². The molecule has 2 aliphatic rings. The minimum atomic E-state index is 0.0139. The van der Waals surface area contributed by atoms with Crippen molar-refractivity contribution in [2.24, 2.45) is 0 Å². The van der Waals surface area contributed by atoms with Crippen molar-refractivity contribution in [2.75, 3.05) is 25.1 Å². The molecule has 6 nitrogen and oxygen atoms in total. The smallest absolute Gasteiger partial charge is 0.254 e. The van der Waals surface area contributed by atoms with Crippen LogP contribution in [0.2, 0.25) is 0 Å². The molecule has 0 atom stereocenters. The molecule has 6 heteroatoms. The summed E-state index contributed by atoms with van der Waals surface area (Å²) in [4.78, 5) is 29.6. The summed E-state index contributed by atoms with van der Waals surface area (Å²) >= 11 is 0. The van der Waals surface area contributed by atoms with Gasteiger partial charge in [-0.25, -0.2) is 0 Å². The molecule has 0 bridgehead atoms. The van der Waals surface area contributed by atoms with Gasteiger partial charge in [-0.05, 0) is 55.2 Å². The normalized spacial score (nSPS) is 15.9. The number of ether oxygens (including phenoxy) is 1. The average molecular weight is 474 g/mol. The van der Waals surface area contributed by atoms with Crippen LogP contribution in [0.4, 0.5) is 5.69 Å². The van der Waals surface area contributed by atoms with Gasteiger partial charge in [-0.1, -0.05) is 43.3 Å². The Bertz CT molecular complexity index is 1070. The molecule has 184 valence electrons. The molecular weight excluding hydrogens is 438 g/mol. The molecule has 2 aromatic carbocycles. The number of rotatable bonds is 9. The molecule has 1 saturated heterocycles. The molecule has 0 spiro atoms. The molecule has 0 radical (unpaired) electrons. The SMILES string of the molecule is CCCC(=O)N1CCC(NC2=CC=C(C(=O)N(Cc3ccc(OC)cc3)c3ccccc3)C2)CC1. The maximum absolute atomic E-state index is 13.6. The van der Waals surface area contributed by atoms with Crippen LogP contribution in [-0.2, 0) is 16.1 Å². The van der Waals surface area contributed by atoms with E-state index in [-0.39, 0.29) is 11.8 Å². The van der Waals surface area contributed by atoms with Crippen LogP contribution in [0, 0.1) is 0 Å². The van der Waals surface area contributed by atoms with Crippen molar-refractivity contribution in [2.45, 2.75) is 51.6 Å². The largest absolute Gasteiger partial charge is 0.497 e. The number of allylic oxidation sites excluding steroid dienone is 3. The third-order valence-electron chi connectivity index (χ3n) is 6.66. The molecule has 1 heterocycles. The second-order valence-electron chi connectivity index (χ2n) is 9.18. The van der Waals surface area contributed by atoms with Gasteiger partial charge in [0.25, 0.3) is 5.91 Å². The standard InChI is InChI=1S/C29H35N3O3/c1-3-7-28(33)31-18-16-24(17-19-31)30-25-13-12-23(20-25)29(34)32(26-8-5-4-6-9-26)21-22-10-14-27(35-2)15-11-22/h4-6,8-15,24,30H,3,7,16-21H2,1-2H3. The van der Waals surface area contributed by atoms with Crippen LogP contribution in [0.1, 0.15) is 44.6 Å². The number of carbonyl (C=O) groups excluding carboxylic acids is 2. The number of piperidine rings is 1. The summed E-state index contributed by atoms with van der Waals surface area (Å²) in [5.74, 6) is 1.07. The fraction of sp³-hybridized carbons (Fsp3) is 0.379. The van der Waals surface area contributed by atoms with Gasteiger partial charge in [-0.15, -0.1) is 0 Å². The predicted molar refractivity (Wildman–Crippen MR) is 139 cm³/mol. The van der Waals surface area contributed by atoms with Crippen LogP contribution < -0.4 is 15.0 Å². The molecule has 35 heavy (non-hydrogen) atoms. The molecule has 1 aliphatic heterocycles. The van der Waals surface area contributed by atoms with Crippen molar-refractivity contribution < 1.29 is 14.3 Å². The molecule has 1 aliphatic carbocycles. The van der Waals surface area contributed by atoms with Crippen LogP contribution in [0.5, 0.6) is 5.75 Å². The lowest BCUT2D eigenvalue weighted by Crippen LogP contribution is -2.44. The highest BCUT2D eigenvalue weighted by Crippen LogP contribution is 2.26. The third-order valence-corrected chi connectivity index (χ3v) is 6.66. The number of nitrogens with zero attached hydrogens (tertiary/aromatic N) is 2. The molecule has 0 saturated carbocycles. The maximum atomic E-state index is 13.6. The quantitative estimate of drug-likeness (QED) is 0.567. The van der Waals surface area contributed by atoms with Gasteiger partial charge in [-0.3, -0.25) is 9.59 Å². The van der Waals surface area contributed by atoms with Crippen LogP contribution in [0.3, 0.4) is 0 Å². The molecule has 1 fully saturated rings. The van der Waals surface area contributed by atoms with Crippen LogP contribution in [-0.4, -0.2) is 43.0 Å². The Kier molecular flexibility index (Phi) is 8.24. The number of amides is 2. The molecule has 0 aromatic heterocycles. The fourth-order valence-corrected chi connectivity index (χ4v) is 4.65. The summed E-state index contributed by atoms with van der Waals surface area (Å²) in [6, 6.07) is 18.0. The molecule has 4 rings (SSSR count). The van der Waals surface area contributed by atoms with Crippen molar-refractivity contribution in [1.29, 1.82) is 0 Å². The first-order valence-corrected chi connectivity index (χ1v) is 12.5. The lowest BCUT2D eigenvalue weighted by atomic mass is 10.0. The van der Waals surface area contributed by atoms with E-state index in [2.05, 4.69) is 5.32 Å². The zero-order valence-electron chi connectivity index (χ0n) is 20.7. The van der Waals surface area contributed by atoms with Gasteiger partial charge in [0.05, 0.1) is 13.7 Å². The fourth-order valence-electron chi connectivity index (χ4n) is 4.65. The Morgan fingerprint density at radius 2 is 1.74 bits per heavy atom. The van der Waals surface area contributed by atoms with Crippen LogP contribution in [0.25, 0.3) is 0 Å². The van der Waals surface area contributed by atoms with E-state index in [1.165, 1.54) is 0 Å². The number of methoxy groups -OCH3 is 1. The van der Waals surface area contributed by atoms with Gasteiger partial charge in [0.2, 0.25) is 5.91 Å². The van der Waals surface area contributed by atoms with E-state index in [1.54, 1.807) is 7.11 Å². The zero-order chi connectivity index (χ0) is 24.6. The third kappa shape index (κ3) is 6.32. The van der Waals surface area contributed by atoms with Crippen molar-refractivity contribution >= 4 is 17.5 Å². The Morgan fingerprint density at radius 3 is 2.40 bits per heavy atom. The second kappa shape index (κ2) is 11.7. The van der Waals surface area contributed by atoms with Crippen molar-refractivity contribution in [3.63, 3.8) is 0 Å². The number of likely N-dealkylation sites (tertiary alicyclic amines) is 1. The summed E-state index contributed by atoms with van der Waals surface area (Å²) in [5, 5.41) is 3.62. The van der Waals surface area contributed by atoms with E-state index in [4.69, 9.17) is 4.74 Å². The van der Waals surface area contributed by atoms with E-state index >= 15 is 0 Å². The van der Waals surface area contributed by atoms with Gasteiger partial charge >= 0.3 is 0 Å². The Hall–Kier alpha value is -3.54. The number of para-hydroxylation sites is 1. The van der Waals surface area contributed by atoms with E-state index in [0.717, 1.165) is 60.6 Å². The van der Waals surface area contributed by atoms with Gasteiger partial charge in [-0.2, -0.15) is 0 Å². The topological polar surface area (TPSA) is 61.9 Å². The number of nitrogens with one attached hydrogen (secondary N) is 1. The summed E-state index contributed by atoms with van der Waals surface area (Å²) in [7, 11) is 1.65.